The fraction of sp³-hybridized carbons (Fsp3) is 0.923. The van der Waals surface area contributed by atoms with E-state index >= 15 is 0 Å². The Labute approximate surface area is 108 Å². The molecule has 2 N–H and O–H groups in total. The van der Waals surface area contributed by atoms with Crippen LogP contribution in [0.5, 0.6) is 0 Å². The molecule has 5 nitrogen and oxygen atoms in total. The number of amides is 2. The highest BCUT2D eigenvalue weighted by Crippen LogP contribution is 2.43. The number of hydrogen-bond donors (Lipinski definition) is 1. The van der Waals surface area contributed by atoms with Crippen LogP contribution in [0.4, 0.5) is 4.79 Å². The van der Waals surface area contributed by atoms with Crippen molar-refractivity contribution in [3.05, 3.63) is 0 Å². The van der Waals surface area contributed by atoms with Crippen molar-refractivity contribution in [2.24, 2.45) is 5.73 Å². The first kappa shape index (κ1) is 12.2. The molecule has 18 heavy (non-hydrogen) atoms. The summed E-state index contributed by atoms with van der Waals surface area (Å²) in [7, 11) is 0. The van der Waals surface area contributed by atoms with Crippen molar-refractivity contribution < 1.29 is 9.53 Å². The van der Waals surface area contributed by atoms with Crippen LogP contribution in [0, 0.1) is 0 Å². The molecule has 0 aliphatic carbocycles. The molecule has 0 aromatic heterocycles. The van der Waals surface area contributed by atoms with Crippen LogP contribution < -0.4 is 5.73 Å². The van der Waals surface area contributed by atoms with Gasteiger partial charge < -0.3 is 15.4 Å². The molecular formula is C13H23N3O2. The molecular weight excluding hydrogens is 230 g/mol. The molecule has 2 atom stereocenters. The maximum absolute atomic E-state index is 11.2. The quantitative estimate of drug-likeness (QED) is 0.694. The van der Waals surface area contributed by atoms with Gasteiger partial charge in [0.1, 0.15) is 0 Å². The minimum atomic E-state index is -0.269. The standard InChI is InChI=1S/C13H23N3O2/c1-10-11-2-3-13(16(11)8-9-18-10)4-6-15(7-5-13)12(14)17/h10-11H,2-9H2,1H3,(H2,14,17). The molecule has 3 aliphatic rings. The number of fused-ring (bicyclic) bond motifs is 2. The van der Waals surface area contributed by atoms with Gasteiger partial charge in [-0.1, -0.05) is 0 Å². The predicted octanol–water partition coefficient (Wildman–Crippen LogP) is 0.783. The molecule has 1 spiro atoms. The van der Waals surface area contributed by atoms with Crippen LogP contribution in [-0.2, 0) is 4.74 Å². The summed E-state index contributed by atoms with van der Waals surface area (Å²) in [6.07, 6.45) is 4.97. The Kier molecular flexibility index (Phi) is 2.98. The fourth-order valence-corrected chi connectivity index (χ4v) is 4.09. The smallest absolute Gasteiger partial charge is 0.314 e. The molecule has 3 aliphatic heterocycles. The summed E-state index contributed by atoms with van der Waals surface area (Å²) in [6.45, 7) is 5.71. The van der Waals surface area contributed by atoms with Gasteiger partial charge in [0.15, 0.2) is 0 Å². The van der Waals surface area contributed by atoms with E-state index < -0.39 is 0 Å². The van der Waals surface area contributed by atoms with Crippen LogP contribution in [0.3, 0.4) is 0 Å². The third-order valence-electron chi connectivity index (χ3n) is 5.18. The van der Waals surface area contributed by atoms with Crippen LogP contribution >= 0.6 is 0 Å². The predicted molar refractivity (Wildman–Crippen MR) is 68.3 cm³/mol. The van der Waals surface area contributed by atoms with E-state index in [1.807, 2.05) is 0 Å². The lowest BCUT2D eigenvalue weighted by Gasteiger charge is -2.49. The summed E-state index contributed by atoms with van der Waals surface area (Å²) >= 11 is 0. The molecule has 3 heterocycles. The number of nitrogens with two attached hydrogens (primary N) is 1. The van der Waals surface area contributed by atoms with E-state index in [0.717, 1.165) is 39.1 Å². The van der Waals surface area contributed by atoms with E-state index in [0.29, 0.717) is 17.7 Å². The van der Waals surface area contributed by atoms with Gasteiger partial charge in [0, 0.05) is 31.2 Å². The summed E-state index contributed by atoms with van der Waals surface area (Å²) < 4.78 is 5.76. The summed E-state index contributed by atoms with van der Waals surface area (Å²) in [4.78, 5) is 15.7. The highest BCUT2D eigenvalue weighted by atomic mass is 16.5. The Balaban J connectivity index is 1.71. The Morgan fingerprint density at radius 1 is 1.28 bits per heavy atom. The highest BCUT2D eigenvalue weighted by Gasteiger charge is 2.50. The molecule has 0 radical (unpaired) electrons. The average Bonchev–Trinajstić information content (AvgIpc) is 2.71. The molecule has 0 bridgehead atoms. The topological polar surface area (TPSA) is 58.8 Å². The number of ether oxygens (including phenoxy) is 1. The molecule has 3 saturated heterocycles. The fourth-order valence-electron chi connectivity index (χ4n) is 4.09. The average molecular weight is 253 g/mol. The normalized spacial score (nSPS) is 35.7. The minimum absolute atomic E-state index is 0.269. The second kappa shape index (κ2) is 4.38. The lowest BCUT2D eigenvalue weighted by molar-refractivity contribution is -0.0862. The summed E-state index contributed by atoms with van der Waals surface area (Å²) in [5.74, 6) is 0. The largest absolute Gasteiger partial charge is 0.376 e. The van der Waals surface area contributed by atoms with Crippen molar-refractivity contribution in [1.82, 2.24) is 9.80 Å². The number of carbonyl (C=O) groups excluding carboxylic acids is 1. The van der Waals surface area contributed by atoms with Gasteiger partial charge in [0.25, 0.3) is 0 Å². The molecule has 0 saturated carbocycles. The zero-order valence-corrected chi connectivity index (χ0v) is 11.1. The summed E-state index contributed by atoms with van der Waals surface area (Å²) in [5, 5.41) is 0. The molecule has 2 unspecified atom stereocenters. The molecule has 102 valence electrons. The number of carbonyl (C=O) groups is 1. The van der Waals surface area contributed by atoms with Gasteiger partial charge in [-0.2, -0.15) is 0 Å². The highest BCUT2D eigenvalue weighted by molar-refractivity contribution is 5.72. The van der Waals surface area contributed by atoms with Crippen molar-refractivity contribution in [2.75, 3.05) is 26.2 Å². The van der Waals surface area contributed by atoms with Gasteiger partial charge in [-0.15, -0.1) is 0 Å². The molecule has 3 rings (SSSR count). The number of urea groups is 1. The van der Waals surface area contributed by atoms with Gasteiger partial charge >= 0.3 is 6.03 Å². The van der Waals surface area contributed by atoms with Gasteiger partial charge in [0.05, 0.1) is 12.7 Å². The lowest BCUT2D eigenvalue weighted by Crippen LogP contribution is -2.59. The number of piperidine rings is 1. The maximum Gasteiger partial charge on any atom is 0.314 e. The number of nitrogens with zero attached hydrogens (tertiary/aromatic N) is 2. The Bertz CT molecular complexity index is 339. The Morgan fingerprint density at radius 2 is 2.00 bits per heavy atom. The second-order valence-corrected chi connectivity index (χ2v) is 5.92. The first-order valence-electron chi connectivity index (χ1n) is 7.05. The Morgan fingerprint density at radius 3 is 2.67 bits per heavy atom. The number of rotatable bonds is 0. The molecule has 3 fully saturated rings. The van der Waals surface area contributed by atoms with Crippen molar-refractivity contribution in [3.8, 4) is 0 Å². The SMILES string of the molecule is CC1OCCN2C1CCC21CCN(C(N)=O)CC1. The number of primary amides is 1. The van der Waals surface area contributed by atoms with Gasteiger partial charge in [-0.3, -0.25) is 4.90 Å². The van der Waals surface area contributed by atoms with E-state index in [4.69, 9.17) is 10.5 Å². The van der Waals surface area contributed by atoms with Gasteiger partial charge in [-0.25, -0.2) is 4.79 Å². The first-order valence-corrected chi connectivity index (χ1v) is 7.05. The third kappa shape index (κ3) is 1.80. The van der Waals surface area contributed by atoms with E-state index in [1.165, 1.54) is 12.8 Å². The molecule has 0 aromatic carbocycles. The molecule has 5 heteroatoms. The van der Waals surface area contributed by atoms with Gasteiger partial charge in [-0.05, 0) is 32.6 Å². The van der Waals surface area contributed by atoms with E-state index in [9.17, 15) is 4.79 Å². The summed E-state index contributed by atoms with van der Waals surface area (Å²) in [6, 6.07) is 0.314. The van der Waals surface area contributed by atoms with Crippen molar-refractivity contribution in [3.63, 3.8) is 0 Å². The van der Waals surface area contributed by atoms with Crippen molar-refractivity contribution in [1.29, 1.82) is 0 Å². The zero-order valence-electron chi connectivity index (χ0n) is 11.1. The van der Waals surface area contributed by atoms with Crippen LogP contribution in [0.15, 0.2) is 0 Å². The zero-order chi connectivity index (χ0) is 12.8. The number of hydrogen-bond acceptors (Lipinski definition) is 3. The number of morpholine rings is 1. The first-order chi connectivity index (χ1) is 8.62. The van der Waals surface area contributed by atoms with Gasteiger partial charge in [0.2, 0.25) is 0 Å². The second-order valence-electron chi connectivity index (χ2n) is 5.92. The minimum Gasteiger partial charge on any atom is -0.376 e. The van der Waals surface area contributed by atoms with Crippen LogP contribution in [0.2, 0.25) is 0 Å². The maximum atomic E-state index is 11.2. The number of likely N-dealkylation sites (tertiary alicyclic amines) is 1. The van der Waals surface area contributed by atoms with E-state index in [2.05, 4.69) is 11.8 Å². The Hall–Kier alpha value is -0.810. The van der Waals surface area contributed by atoms with E-state index in [-0.39, 0.29) is 6.03 Å². The van der Waals surface area contributed by atoms with Crippen LogP contribution in [0.1, 0.15) is 32.6 Å². The van der Waals surface area contributed by atoms with Crippen LogP contribution in [0.25, 0.3) is 0 Å². The van der Waals surface area contributed by atoms with E-state index in [1.54, 1.807) is 4.90 Å². The van der Waals surface area contributed by atoms with Crippen LogP contribution in [-0.4, -0.2) is 59.8 Å². The summed E-state index contributed by atoms with van der Waals surface area (Å²) in [5.41, 5.74) is 5.68. The van der Waals surface area contributed by atoms with Crippen molar-refractivity contribution >= 4 is 6.03 Å². The third-order valence-corrected chi connectivity index (χ3v) is 5.18. The monoisotopic (exact) mass is 253 g/mol. The lowest BCUT2D eigenvalue weighted by atomic mass is 9.85. The van der Waals surface area contributed by atoms with Crippen molar-refractivity contribution in [2.45, 2.75) is 50.3 Å². The molecule has 2 amide bonds. The molecule has 0 aromatic rings.